The predicted molar refractivity (Wildman–Crippen MR) is 143 cm³/mol. The number of nitrogens with zero attached hydrogens (tertiary/aromatic N) is 3. The van der Waals surface area contributed by atoms with Gasteiger partial charge >= 0.3 is 0 Å². The Morgan fingerprint density at radius 2 is 1.94 bits per heavy atom. The van der Waals surface area contributed by atoms with Crippen molar-refractivity contribution in [2.75, 3.05) is 51.2 Å². The van der Waals surface area contributed by atoms with Crippen molar-refractivity contribution in [3.05, 3.63) is 52.2 Å². The molecule has 0 saturated carbocycles. The number of hydrogen-bond donors (Lipinski definition) is 3. The summed E-state index contributed by atoms with van der Waals surface area (Å²) in [6, 6.07) is 13.2. The smallest absolute Gasteiger partial charge is 0.239 e. The van der Waals surface area contributed by atoms with Crippen LogP contribution in [0.1, 0.15) is 29.3 Å². The van der Waals surface area contributed by atoms with Crippen LogP contribution in [-0.4, -0.2) is 63.1 Å². The van der Waals surface area contributed by atoms with Crippen LogP contribution in [0.3, 0.4) is 0 Å². The van der Waals surface area contributed by atoms with Gasteiger partial charge in [0.15, 0.2) is 5.96 Å². The highest BCUT2D eigenvalue weighted by Crippen LogP contribution is 2.27. The number of anilines is 1. The number of carbonyl (C=O) groups excluding carboxylic acids is 1. The van der Waals surface area contributed by atoms with E-state index in [1.165, 1.54) is 36.4 Å². The Balaban J connectivity index is 0.00000289. The van der Waals surface area contributed by atoms with E-state index in [-0.39, 0.29) is 29.9 Å². The van der Waals surface area contributed by atoms with Crippen LogP contribution in [0.4, 0.5) is 5.69 Å². The van der Waals surface area contributed by atoms with Crippen molar-refractivity contribution in [2.45, 2.75) is 25.4 Å². The molecule has 3 N–H and O–H groups in total. The molecule has 0 radical (unpaired) electrons. The van der Waals surface area contributed by atoms with Crippen LogP contribution in [0, 0.1) is 0 Å². The summed E-state index contributed by atoms with van der Waals surface area (Å²) in [7, 11) is 1.82. The molecule has 1 aromatic carbocycles. The monoisotopic (exact) mass is 568 g/mol. The molecule has 0 bridgehead atoms. The molecule has 9 heteroatoms. The molecule has 174 valence electrons. The second-order valence-electron chi connectivity index (χ2n) is 8.02. The maximum absolute atomic E-state index is 11.6. The first kappa shape index (κ1) is 24.8. The maximum Gasteiger partial charge on any atom is 0.239 e. The summed E-state index contributed by atoms with van der Waals surface area (Å²) >= 11 is 1.83. The molecule has 32 heavy (non-hydrogen) atoms. The quantitative estimate of drug-likeness (QED) is 0.272. The highest BCUT2D eigenvalue weighted by Gasteiger charge is 2.24. The third kappa shape index (κ3) is 6.58. The van der Waals surface area contributed by atoms with Crippen molar-refractivity contribution in [3.8, 4) is 0 Å². The molecule has 1 amide bonds. The number of rotatable bonds is 7. The topological polar surface area (TPSA) is 72.0 Å². The minimum atomic E-state index is 0. The molecule has 2 aliphatic rings. The van der Waals surface area contributed by atoms with Gasteiger partial charge in [0, 0.05) is 43.8 Å². The van der Waals surface area contributed by atoms with Gasteiger partial charge in [-0.1, -0.05) is 18.2 Å². The van der Waals surface area contributed by atoms with Crippen LogP contribution in [0.25, 0.3) is 0 Å². The lowest BCUT2D eigenvalue weighted by Crippen LogP contribution is -2.47. The molecule has 2 aromatic rings. The number of piperazine rings is 1. The SMILES string of the molecule is CN=C(NCc1ccc(N2CCNC(=O)C2)cc1)NCC(c1cccs1)N1CCCC1.I. The molecule has 4 rings (SSSR count). The second kappa shape index (κ2) is 12.4. The van der Waals surface area contributed by atoms with E-state index in [1.54, 1.807) is 0 Å². The number of aliphatic imine (C=N–C) groups is 1. The van der Waals surface area contributed by atoms with Crippen molar-refractivity contribution in [3.63, 3.8) is 0 Å². The molecule has 1 atom stereocenters. The van der Waals surface area contributed by atoms with E-state index in [0.717, 1.165) is 24.7 Å². The van der Waals surface area contributed by atoms with Crippen LogP contribution < -0.4 is 20.9 Å². The molecule has 3 heterocycles. The Kier molecular flexibility index (Phi) is 9.61. The first-order chi connectivity index (χ1) is 15.2. The molecule has 1 unspecified atom stereocenters. The average Bonchev–Trinajstić information content (AvgIpc) is 3.51. The largest absolute Gasteiger partial charge is 0.360 e. The van der Waals surface area contributed by atoms with E-state index < -0.39 is 0 Å². The summed E-state index contributed by atoms with van der Waals surface area (Å²) in [6.45, 7) is 5.86. The third-order valence-corrected chi connectivity index (χ3v) is 6.91. The van der Waals surface area contributed by atoms with Crippen molar-refractivity contribution in [1.29, 1.82) is 0 Å². The van der Waals surface area contributed by atoms with E-state index in [4.69, 9.17) is 0 Å². The van der Waals surface area contributed by atoms with Gasteiger partial charge in [0.1, 0.15) is 0 Å². The highest BCUT2D eigenvalue weighted by atomic mass is 127. The molecule has 7 nitrogen and oxygen atoms in total. The van der Waals surface area contributed by atoms with E-state index in [9.17, 15) is 4.79 Å². The van der Waals surface area contributed by atoms with E-state index in [1.807, 2.05) is 18.4 Å². The van der Waals surface area contributed by atoms with E-state index in [0.29, 0.717) is 25.7 Å². The van der Waals surface area contributed by atoms with Gasteiger partial charge in [-0.15, -0.1) is 35.3 Å². The van der Waals surface area contributed by atoms with Crippen LogP contribution in [0.15, 0.2) is 46.8 Å². The van der Waals surface area contributed by atoms with Crippen molar-refractivity contribution in [2.24, 2.45) is 4.99 Å². The second-order valence-corrected chi connectivity index (χ2v) is 9.00. The van der Waals surface area contributed by atoms with Crippen LogP contribution in [0.5, 0.6) is 0 Å². The van der Waals surface area contributed by atoms with E-state index >= 15 is 0 Å². The third-order valence-electron chi connectivity index (χ3n) is 5.94. The molecule has 1 aromatic heterocycles. The first-order valence-electron chi connectivity index (χ1n) is 11.1. The normalized spacial score (nSPS) is 18.1. The van der Waals surface area contributed by atoms with Gasteiger partial charge in [-0.25, -0.2) is 0 Å². The van der Waals surface area contributed by atoms with Crippen LogP contribution >= 0.6 is 35.3 Å². The van der Waals surface area contributed by atoms with Crippen LogP contribution in [0.2, 0.25) is 0 Å². The zero-order chi connectivity index (χ0) is 21.5. The number of guanidine groups is 1. The van der Waals surface area contributed by atoms with Gasteiger partial charge in [-0.2, -0.15) is 0 Å². The van der Waals surface area contributed by atoms with Gasteiger partial charge in [0.05, 0.1) is 12.6 Å². The lowest BCUT2D eigenvalue weighted by atomic mass is 10.2. The van der Waals surface area contributed by atoms with Crippen molar-refractivity contribution < 1.29 is 4.79 Å². The Morgan fingerprint density at radius 3 is 2.59 bits per heavy atom. The van der Waals surface area contributed by atoms with Gasteiger partial charge in [0.2, 0.25) is 5.91 Å². The molecule has 0 aliphatic carbocycles. The minimum Gasteiger partial charge on any atom is -0.360 e. The number of halogens is 1. The van der Waals surface area contributed by atoms with Crippen molar-refractivity contribution >= 4 is 52.9 Å². The first-order valence-corrected chi connectivity index (χ1v) is 11.9. The molecular formula is C23H33IN6OS. The summed E-state index contributed by atoms with van der Waals surface area (Å²) in [5, 5.41) is 12.0. The maximum atomic E-state index is 11.6. The Morgan fingerprint density at radius 1 is 1.16 bits per heavy atom. The van der Waals surface area contributed by atoms with Gasteiger partial charge in [0.25, 0.3) is 0 Å². The summed E-state index contributed by atoms with van der Waals surface area (Å²) in [6.07, 6.45) is 2.57. The number of carbonyl (C=O) groups is 1. The summed E-state index contributed by atoms with van der Waals surface area (Å²) in [5.74, 6) is 0.902. The van der Waals surface area contributed by atoms with Gasteiger partial charge in [-0.3, -0.25) is 14.7 Å². The average molecular weight is 569 g/mol. The number of benzene rings is 1. The number of thiophene rings is 1. The lowest BCUT2D eigenvalue weighted by molar-refractivity contribution is -0.120. The highest BCUT2D eigenvalue weighted by molar-refractivity contribution is 14.0. The fourth-order valence-corrected chi connectivity index (χ4v) is 5.09. The van der Waals surface area contributed by atoms with E-state index in [2.05, 4.69) is 72.5 Å². The fraction of sp³-hybridized carbons (Fsp3) is 0.478. The number of amides is 1. The number of likely N-dealkylation sites (tertiary alicyclic amines) is 1. The van der Waals surface area contributed by atoms with Crippen LogP contribution in [-0.2, 0) is 11.3 Å². The number of hydrogen-bond acceptors (Lipinski definition) is 5. The lowest BCUT2D eigenvalue weighted by Gasteiger charge is -2.28. The molecule has 2 fully saturated rings. The Labute approximate surface area is 211 Å². The van der Waals surface area contributed by atoms with Crippen molar-refractivity contribution in [1.82, 2.24) is 20.9 Å². The standard InChI is InChI=1S/C23H32N6OS.HI/c1-24-23(27-16-20(21-5-4-14-31-21)28-11-2-3-12-28)26-15-18-6-8-19(9-7-18)29-13-10-25-22(30)17-29;/h4-9,14,20H,2-3,10-13,15-17H2,1H3,(H,25,30)(H2,24,26,27);1H. The van der Waals surface area contributed by atoms with Gasteiger partial charge < -0.3 is 20.9 Å². The Bertz CT molecular complexity index is 867. The zero-order valence-electron chi connectivity index (χ0n) is 18.5. The molecule has 2 saturated heterocycles. The zero-order valence-corrected chi connectivity index (χ0v) is 21.7. The summed E-state index contributed by atoms with van der Waals surface area (Å²) < 4.78 is 0. The number of nitrogens with one attached hydrogen (secondary N) is 3. The summed E-state index contributed by atoms with van der Waals surface area (Å²) in [5.41, 5.74) is 2.27. The van der Waals surface area contributed by atoms with Gasteiger partial charge in [-0.05, 0) is 55.1 Å². The minimum absolute atomic E-state index is 0. The Hall–Kier alpha value is -1.85. The predicted octanol–water partition coefficient (Wildman–Crippen LogP) is 2.80. The molecular weight excluding hydrogens is 535 g/mol. The molecule has 2 aliphatic heterocycles. The molecule has 0 spiro atoms. The fourth-order valence-electron chi connectivity index (χ4n) is 4.23. The summed E-state index contributed by atoms with van der Waals surface area (Å²) in [4.78, 5) is 22.1.